The Morgan fingerprint density at radius 1 is 1.11 bits per heavy atom. The molecule has 2 aliphatic rings. The summed E-state index contributed by atoms with van der Waals surface area (Å²) in [5.74, 6) is -0.694. The van der Waals surface area contributed by atoms with Gasteiger partial charge in [-0.15, -0.1) is 4.91 Å². The quantitative estimate of drug-likeness (QED) is 0.136. The Balaban J connectivity index is 1.58. The SMILES string of the molecule is COc1ccc([C@@H]2CC(=O)c3c(N=O)cc(OC(OC(CCC4OC(C)C(O)C(O)C4N=O)C(C)O)C(CO)N=O)cc3O2)cc1O. The van der Waals surface area contributed by atoms with Gasteiger partial charge in [0.1, 0.15) is 41.5 Å². The molecule has 0 radical (unpaired) electrons. The van der Waals surface area contributed by atoms with Crippen molar-refractivity contribution in [2.24, 2.45) is 15.5 Å². The fourth-order valence-electron chi connectivity index (χ4n) is 5.58. The molecule has 2 heterocycles. The third-order valence-corrected chi connectivity index (χ3v) is 8.19. The highest BCUT2D eigenvalue weighted by Crippen LogP contribution is 2.44. The number of nitrogens with zero attached hydrogens (tertiary/aromatic N) is 3. The van der Waals surface area contributed by atoms with E-state index in [1.165, 1.54) is 39.2 Å². The Morgan fingerprint density at radius 3 is 2.45 bits per heavy atom. The largest absolute Gasteiger partial charge is 0.504 e. The van der Waals surface area contributed by atoms with Crippen LogP contribution in [0.4, 0.5) is 5.69 Å². The molecule has 4 rings (SSSR count). The summed E-state index contributed by atoms with van der Waals surface area (Å²) in [5, 5.41) is 59.6. The highest BCUT2D eigenvalue weighted by molar-refractivity contribution is 6.04. The Labute approximate surface area is 268 Å². The summed E-state index contributed by atoms with van der Waals surface area (Å²) in [5.41, 5.74) is -0.00739. The average molecular weight is 664 g/mol. The third kappa shape index (κ3) is 7.89. The number of phenolic OH excluding ortho intramolecular Hbond substituents is 1. The fourth-order valence-corrected chi connectivity index (χ4v) is 5.58. The lowest BCUT2D eigenvalue weighted by Gasteiger charge is -2.39. The molecule has 17 nitrogen and oxygen atoms in total. The van der Waals surface area contributed by atoms with Gasteiger partial charge in [0.2, 0.25) is 6.29 Å². The van der Waals surface area contributed by atoms with Crippen LogP contribution in [0, 0.1) is 14.7 Å². The normalized spacial score (nSPS) is 26.6. The van der Waals surface area contributed by atoms with Crippen molar-refractivity contribution in [3.8, 4) is 23.0 Å². The Morgan fingerprint density at radius 2 is 1.85 bits per heavy atom. The van der Waals surface area contributed by atoms with Crippen LogP contribution in [0.2, 0.25) is 0 Å². The first-order valence-electron chi connectivity index (χ1n) is 14.8. The molecule has 0 bridgehead atoms. The highest BCUT2D eigenvalue weighted by atomic mass is 16.7. The van der Waals surface area contributed by atoms with Crippen molar-refractivity contribution in [1.82, 2.24) is 0 Å². The Hall–Kier alpha value is -4.13. The summed E-state index contributed by atoms with van der Waals surface area (Å²) < 4.78 is 28.5. The number of aromatic hydroxyl groups is 1. The number of ketones is 1. The van der Waals surface area contributed by atoms with E-state index in [9.17, 15) is 45.0 Å². The first kappa shape index (κ1) is 35.7. The van der Waals surface area contributed by atoms with Crippen molar-refractivity contribution in [3.63, 3.8) is 0 Å². The number of carbonyl (C=O) groups excluding carboxylic acids is 1. The molecule has 0 amide bonds. The van der Waals surface area contributed by atoms with Gasteiger partial charge in [0.15, 0.2) is 23.3 Å². The minimum atomic E-state index is -1.65. The minimum absolute atomic E-state index is 0.0153. The molecule has 256 valence electrons. The van der Waals surface area contributed by atoms with Crippen molar-refractivity contribution < 1.29 is 54.0 Å². The van der Waals surface area contributed by atoms with Crippen LogP contribution in [-0.2, 0) is 9.47 Å². The van der Waals surface area contributed by atoms with E-state index in [-0.39, 0.29) is 53.5 Å². The average Bonchev–Trinajstić information content (AvgIpc) is 3.05. The number of ether oxygens (including phenoxy) is 5. The molecule has 2 aromatic carbocycles. The van der Waals surface area contributed by atoms with E-state index in [0.29, 0.717) is 5.56 Å². The lowest BCUT2D eigenvalue weighted by molar-refractivity contribution is -0.185. The van der Waals surface area contributed by atoms with Crippen molar-refractivity contribution in [2.45, 2.75) is 94.2 Å². The number of phenols is 1. The van der Waals surface area contributed by atoms with E-state index in [0.717, 1.165) is 6.07 Å². The summed E-state index contributed by atoms with van der Waals surface area (Å²) in [6, 6.07) is 4.00. The van der Waals surface area contributed by atoms with Gasteiger partial charge in [-0.1, -0.05) is 16.4 Å². The van der Waals surface area contributed by atoms with Gasteiger partial charge in [-0.05, 0) is 49.6 Å². The maximum Gasteiger partial charge on any atom is 0.228 e. The van der Waals surface area contributed by atoms with Crippen LogP contribution in [0.1, 0.15) is 55.1 Å². The Bertz CT molecular complexity index is 1440. The fraction of sp³-hybridized carbons (Fsp3) is 0.567. The van der Waals surface area contributed by atoms with Crippen LogP contribution in [0.15, 0.2) is 45.9 Å². The second kappa shape index (κ2) is 15.6. The number of hydrogen-bond acceptors (Lipinski definition) is 17. The number of aliphatic hydroxyl groups is 4. The molecule has 1 saturated heterocycles. The second-order valence-electron chi connectivity index (χ2n) is 11.4. The lowest BCUT2D eigenvalue weighted by Crippen LogP contribution is -2.56. The summed E-state index contributed by atoms with van der Waals surface area (Å²) in [7, 11) is 1.38. The van der Waals surface area contributed by atoms with E-state index in [4.69, 9.17) is 23.7 Å². The molecule has 5 N–H and O–H groups in total. The predicted molar refractivity (Wildman–Crippen MR) is 162 cm³/mol. The van der Waals surface area contributed by atoms with Gasteiger partial charge >= 0.3 is 0 Å². The van der Waals surface area contributed by atoms with Crippen molar-refractivity contribution in [1.29, 1.82) is 0 Å². The van der Waals surface area contributed by atoms with Crippen molar-refractivity contribution in [2.75, 3.05) is 13.7 Å². The number of hydrogen-bond donors (Lipinski definition) is 5. The number of benzene rings is 2. The van der Waals surface area contributed by atoms with Crippen LogP contribution in [0.3, 0.4) is 0 Å². The molecule has 0 aliphatic carbocycles. The number of aliphatic hydroxyl groups excluding tert-OH is 4. The van der Waals surface area contributed by atoms with E-state index in [2.05, 4.69) is 15.5 Å². The summed E-state index contributed by atoms with van der Waals surface area (Å²) >= 11 is 0. The zero-order valence-electron chi connectivity index (χ0n) is 25.7. The molecule has 47 heavy (non-hydrogen) atoms. The summed E-state index contributed by atoms with van der Waals surface area (Å²) in [6.45, 7) is 2.05. The monoisotopic (exact) mass is 663 g/mol. The van der Waals surface area contributed by atoms with Crippen LogP contribution < -0.4 is 14.2 Å². The smallest absolute Gasteiger partial charge is 0.228 e. The number of fused-ring (bicyclic) bond motifs is 1. The van der Waals surface area contributed by atoms with Crippen LogP contribution >= 0.6 is 0 Å². The minimum Gasteiger partial charge on any atom is -0.504 e. The van der Waals surface area contributed by atoms with Gasteiger partial charge in [0, 0.05) is 12.1 Å². The number of carbonyl (C=O) groups is 1. The number of rotatable bonds is 15. The van der Waals surface area contributed by atoms with Gasteiger partial charge in [0.05, 0.1) is 50.1 Å². The molecule has 17 heteroatoms. The molecular weight excluding hydrogens is 626 g/mol. The Kier molecular flexibility index (Phi) is 11.9. The number of Topliss-reactive ketones (excluding diaryl/α,β-unsaturated/α-hetero) is 1. The number of nitroso groups, excluding NO2 is 3. The van der Waals surface area contributed by atoms with Gasteiger partial charge < -0.3 is 49.2 Å². The van der Waals surface area contributed by atoms with Gasteiger partial charge in [0.25, 0.3) is 0 Å². The lowest BCUT2D eigenvalue weighted by atomic mass is 9.90. The molecule has 0 aromatic heterocycles. The first-order valence-corrected chi connectivity index (χ1v) is 14.8. The summed E-state index contributed by atoms with van der Waals surface area (Å²) in [6.07, 6.45) is -9.60. The van der Waals surface area contributed by atoms with E-state index < -0.39 is 73.5 Å². The molecule has 0 saturated carbocycles. The first-order chi connectivity index (χ1) is 22.4. The van der Waals surface area contributed by atoms with Crippen LogP contribution in [0.25, 0.3) is 0 Å². The van der Waals surface area contributed by atoms with Crippen molar-refractivity contribution >= 4 is 11.5 Å². The second-order valence-corrected chi connectivity index (χ2v) is 11.4. The number of methoxy groups -OCH3 is 1. The highest BCUT2D eigenvalue weighted by Gasteiger charge is 2.44. The maximum atomic E-state index is 13.1. The molecule has 10 atom stereocenters. The molecular formula is C30H37N3O14. The zero-order chi connectivity index (χ0) is 34.4. The van der Waals surface area contributed by atoms with Gasteiger partial charge in [-0.3, -0.25) is 4.79 Å². The third-order valence-electron chi connectivity index (χ3n) is 8.19. The van der Waals surface area contributed by atoms with Crippen molar-refractivity contribution in [3.05, 3.63) is 56.2 Å². The predicted octanol–water partition coefficient (Wildman–Crippen LogP) is 2.53. The van der Waals surface area contributed by atoms with Gasteiger partial charge in [-0.2, -0.15) is 9.81 Å². The molecule has 1 fully saturated rings. The standard InChI is InChI=1S/C30H37N3O14/c1-13(35)21(6-7-23-27(33-42)29(39)28(38)14(2)44-23)47-30(18(12-34)32-41)45-16-9-17(31-40)26-20(37)11-24(46-25(26)10-16)15-4-5-22(43-3)19(36)8-15/h4-5,8-10,13-14,18,21,23-24,27-30,34-36,38-39H,6-7,11-12H2,1-3H3/t13?,14?,18?,21?,23?,24-,27?,28?,29?,30?/m0/s1. The molecule has 0 spiro atoms. The molecule has 9 unspecified atom stereocenters. The molecule has 2 aromatic rings. The topological polar surface area (TPSA) is 253 Å². The van der Waals surface area contributed by atoms with E-state index >= 15 is 0 Å². The van der Waals surface area contributed by atoms with Crippen LogP contribution in [-0.4, -0.2) is 100 Å². The van der Waals surface area contributed by atoms with E-state index in [1.54, 1.807) is 6.07 Å². The maximum absolute atomic E-state index is 13.1. The van der Waals surface area contributed by atoms with Gasteiger partial charge in [-0.25, -0.2) is 0 Å². The van der Waals surface area contributed by atoms with E-state index in [1.807, 2.05) is 0 Å². The zero-order valence-corrected chi connectivity index (χ0v) is 25.7. The molecule has 2 aliphatic heterocycles. The summed E-state index contributed by atoms with van der Waals surface area (Å²) in [4.78, 5) is 48.0. The van der Waals surface area contributed by atoms with Crippen LogP contribution in [0.5, 0.6) is 23.0 Å².